The lowest BCUT2D eigenvalue weighted by Crippen LogP contribution is -2.36. The van der Waals surface area contributed by atoms with Gasteiger partial charge in [0.05, 0.1) is 16.9 Å². The quantitative estimate of drug-likeness (QED) is 0.705. The summed E-state index contributed by atoms with van der Waals surface area (Å²) in [6.07, 6.45) is 6.03. The van der Waals surface area contributed by atoms with E-state index in [1.807, 2.05) is 0 Å². The zero-order valence-electron chi connectivity index (χ0n) is 14.4. The topological polar surface area (TPSA) is 30.7 Å². The summed E-state index contributed by atoms with van der Waals surface area (Å²) in [4.78, 5) is 0. The molecule has 0 bridgehead atoms. The van der Waals surface area contributed by atoms with E-state index in [0.29, 0.717) is 10.8 Å². The molecule has 0 spiro atoms. The van der Waals surface area contributed by atoms with Gasteiger partial charge in [0.15, 0.2) is 0 Å². The first-order valence-electron chi connectivity index (χ1n) is 7.99. The fraction of sp³-hybridized carbons (Fsp3) is 0.882. The van der Waals surface area contributed by atoms with Gasteiger partial charge in [-0.2, -0.15) is 0 Å². The molecule has 1 aromatic rings. The SMILES string of the molecule is CC(C)(C)n1nnc2c1CCCCC(C)(C(C)(C)C)C2. The van der Waals surface area contributed by atoms with Crippen molar-refractivity contribution in [1.29, 1.82) is 0 Å². The summed E-state index contributed by atoms with van der Waals surface area (Å²) >= 11 is 0. The summed E-state index contributed by atoms with van der Waals surface area (Å²) in [5, 5.41) is 9.01. The molecule has 1 aromatic heterocycles. The van der Waals surface area contributed by atoms with E-state index >= 15 is 0 Å². The molecule has 1 aliphatic rings. The van der Waals surface area contributed by atoms with Crippen LogP contribution in [-0.4, -0.2) is 15.0 Å². The van der Waals surface area contributed by atoms with Gasteiger partial charge in [-0.3, -0.25) is 0 Å². The Morgan fingerprint density at radius 1 is 1.05 bits per heavy atom. The third kappa shape index (κ3) is 2.77. The molecule has 0 N–H and O–H groups in total. The Bertz CT molecular complexity index is 473. The Labute approximate surface area is 124 Å². The maximum Gasteiger partial charge on any atom is 0.0865 e. The molecule has 1 atom stereocenters. The highest BCUT2D eigenvalue weighted by molar-refractivity contribution is 5.16. The first kappa shape index (κ1) is 15.5. The maximum atomic E-state index is 4.55. The number of aromatic nitrogens is 3. The molecule has 114 valence electrons. The van der Waals surface area contributed by atoms with Crippen LogP contribution in [0.3, 0.4) is 0 Å². The van der Waals surface area contributed by atoms with Crippen molar-refractivity contribution < 1.29 is 0 Å². The third-order valence-electron chi connectivity index (χ3n) is 5.24. The Balaban J connectivity index is 2.43. The van der Waals surface area contributed by atoms with E-state index in [2.05, 4.69) is 63.5 Å². The average Bonchev–Trinajstić information content (AvgIpc) is 2.62. The molecular formula is C17H31N3. The van der Waals surface area contributed by atoms with Crippen LogP contribution in [0.15, 0.2) is 0 Å². The van der Waals surface area contributed by atoms with Gasteiger partial charge in [-0.1, -0.05) is 39.3 Å². The predicted molar refractivity (Wildman–Crippen MR) is 83.8 cm³/mol. The minimum Gasteiger partial charge on any atom is -0.244 e. The van der Waals surface area contributed by atoms with Crippen molar-refractivity contribution in [2.24, 2.45) is 10.8 Å². The Hall–Kier alpha value is -0.860. The molecule has 1 heterocycles. The summed E-state index contributed by atoms with van der Waals surface area (Å²) in [7, 11) is 0. The molecule has 3 heteroatoms. The van der Waals surface area contributed by atoms with Crippen molar-refractivity contribution >= 4 is 0 Å². The highest BCUT2D eigenvalue weighted by Crippen LogP contribution is 2.46. The lowest BCUT2D eigenvalue weighted by molar-refractivity contribution is 0.0889. The van der Waals surface area contributed by atoms with Crippen LogP contribution in [0.5, 0.6) is 0 Å². The molecule has 0 aliphatic heterocycles. The van der Waals surface area contributed by atoms with Gasteiger partial charge in [-0.15, -0.1) is 5.10 Å². The minimum absolute atomic E-state index is 0.0257. The van der Waals surface area contributed by atoms with Gasteiger partial charge in [0.2, 0.25) is 0 Å². The van der Waals surface area contributed by atoms with Crippen LogP contribution in [0, 0.1) is 10.8 Å². The Kier molecular flexibility index (Phi) is 3.77. The molecule has 3 nitrogen and oxygen atoms in total. The molecule has 0 radical (unpaired) electrons. The van der Waals surface area contributed by atoms with E-state index in [-0.39, 0.29) is 5.54 Å². The fourth-order valence-electron chi connectivity index (χ4n) is 3.16. The molecule has 0 aromatic carbocycles. The van der Waals surface area contributed by atoms with Gasteiger partial charge in [-0.25, -0.2) is 4.68 Å². The number of rotatable bonds is 0. The molecule has 0 amide bonds. The van der Waals surface area contributed by atoms with Crippen LogP contribution in [0.2, 0.25) is 0 Å². The zero-order chi connectivity index (χ0) is 15.2. The van der Waals surface area contributed by atoms with Crippen molar-refractivity contribution in [3.05, 3.63) is 11.4 Å². The summed E-state index contributed by atoms with van der Waals surface area (Å²) < 4.78 is 2.15. The standard InChI is InChI=1S/C17H31N3/c1-15(2,3)17(7)11-9-8-10-14-13(12-17)18-19-20(14)16(4,5)6/h8-12H2,1-7H3. The van der Waals surface area contributed by atoms with Gasteiger partial charge in [0, 0.05) is 0 Å². The van der Waals surface area contributed by atoms with E-state index in [1.54, 1.807) is 0 Å². The second-order valence-electron chi connectivity index (χ2n) is 8.76. The van der Waals surface area contributed by atoms with Gasteiger partial charge in [-0.05, 0) is 57.3 Å². The average molecular weight is 277 g/mol. The smallest absolute Gasteiger partial charge is 0.0865 e. The van der Waals surface area contributed by atoms with Gasteiger partial charge >= 0.3 is 0 Å². The first-order chi connectivity index (χ1) is 9.05. The molecule has 1 aliphatic carbocycles. The van der Waals surface area contributed by atoms with Crippen LogP contribution < -0.4 is 0 Å². The number of fused-ring (bicyclic) bond motifs is 1. The van der Waals surface area contributed by atoms with Crippen LogP contribution in [-0.2, 0) is 18.4 Å². The predicted octanol–water partition coefficient (Wildman–Crippen LogP) is 4.35. The van der Waals surface area contributed by atoms with Crippen molar-refractivity contribution in [2.45, 2.75) is 86.1 Å². The monoisotopic (exact) mass is 277 g/mol. The van der Waals surface area contributed by atoms with E-state index in [0.717, 1.165) is 12.8 Å². The largest absolute Gasteiger partial charge is 0.244 e. The van der Waals surface area contributed by atoms with Crippen molar-refractivity contribution in [1.82, 2.24) is 15.0 Å². The van der Waals surface area contributed by atoms with Crippen LogP contribution in [0.1, 0.15) is 79.1 Å². The van der Waals surface area contributed by atoms with Crippen LogP contribution >= 0.6 is 0 Å². The highest BCUT2D eigenvalue weighted by atomic mass is 15.5. The van der Waals surface area contributed by atoms with Crippen molar-refractivity contribution in [2.75, 3.05) is 0 Å². The second-order valence-corrected chi connectivity index (χ2v) is 8.76. The van der Waals surface area contributed by atoms with E-state index in [1.165, 1.54) is 30.7 Å². The van der Waals surface area contributed by atoms with Gasteiger partial charge < -0.3 is 0 Å². The molecular weight excluding hydrogens is 246 g/mol. The molecule has 1 unspecified atom stereocenters. The van der Waals surface area contributed by atoms with Gasteiger partial charge in [0.25, 0.3) is 0 Å². The lowest BCUT2D eigenvalue weighted by atomic mass is 9.62. The second kappa shape index (κ2) is 4.85. The van der Waals surface area contributed by atoms with Crippen molar-refractivity contribution in [3.63, 3.8) is 0 Å². The van der Waals surface area contributed by atoms with E-state index in [9.17, 15) is 0 Å². The molecule has 0 saturated carbocycles. The first-order valence-corrected chi connectivity index (χ1v) is 7.99. The normalized spacial score (nSPS) is 24.9. The van der Waals surface area contributed by atoms with Crippen LogP contribution in [0.4, 0.5) is 0 Å². The summed E-state index contributed by atoms with van der Waals surface area (Å²) in [5.74, 6) is 0. The minimum atomic E-state index is 0.0257. The number of hydrogen-bond acceptors (Lipinski definition) is 2. The van der Waals surface area contributed by atoms with Crippen LogP contribution in [0.25, 0.3) is 0 Å². The zero-order valence-corrected chi connectivity index (χ0v) is 14.4. The molecule has 0 fully saturated rings. The fourth-order valence-corrected chi connectivity index (χ4v) is 3.16. The number of nitrogens with zero attached hydrogens (tertiary/aromatic N) is 3. The maximum absolute atomic E-state index is 4.55. The Morgan fingerprint density at radius 2 is 1.70 bits per heavy atom. The van der Waals surface area contributed by atoms with E-state index in [4.69, 9.17) is 0 Å². The lowest BCUT2D eigenvalue weighted by Gasteiger charge is -2.43. The number of hydrogen-bond donors (Lipinski definition) is 0. The third-order valence-corrected chi connectivity index (χ3v) is 5.24. The molecule has 20 heavy (non-hydrogen) atoms. The highest BCUT2D eigenvalue weighted by Gasteiger charge is 2.39. The Morgan fingerprint density at radius 3 is 2.25 bits per heavy atom. The molecule has 0 saturated heterocycles. The molecule has 2 rings (SSSR count). The summed E-state index contributed by atoms with van der Waals surface area (Å²) in [5.41, 5.74) is 3.23. The summed E-state index contributed by atoms with van der Waals surface area (Å²) in [6.45, 7) is 16.2. The van der Waals surface area contributed by atoms with Gasteiger partial charge in [0.1, 0.15) is 0 Å². The summed E-state index contributed by atoms with van der Waals surface area (Å²) in [6, 6.07) is 0. The van der Waals surface area contributed by atoms with Crippen molar-refractivity contribution in [3.8, 4) is 0 Å². The van der Waals surface area contributed by atoms with E-state index < -0.39 is 0 Å².